The van der Waals surface area contributed by atoms with Gasteiger partial charge in [-0.15, -0.1) is 5.10 Å². The summed E-state index contributed by atoms with van der Waals surface area (Å²) in [5, 5.41) is 7.92. The highest BCUT2D eigenvalue weighted by molar-refractivity contribution is 5.95. The third kappa shape index (κ3) is 4.12. The molecule has 1 aliphatic heterocycles. The van der Waals surface area contributed by atoms with Crippen LogP contribution in [-0.4, -0.2) is 38.9 Å². The quantitative estimate of drug-likeness (QED) is 0.744. The molecule has 1 unspecified atom stereocenters. The van der Waals surface area contributed by atoms with E-state index in [9.17, 15) is 4.79 Å². The Kier molecular flexibility index (Phi) is 5.48. The second-order valence-electron chi connectivity index (χ2n) is 7.37. The summed E-state index contributed by atoms with van der Waals surface area (Å²) in [6, 6.07) is 16.0. The molecule has 2 aromatic carbocycles. The van der Waals surface area contributed by atoms with Gasteiger partial charge in [0.2, 0.25) is 0 Å². The molecule has 4 rings (SSSR count). The Morgan fingerprint density at radius 1 is 1.14 bits per heavy atom. The van der Waals surface area contributed by atoms with Crippen LogP contribution in [0.3, 0.4) is 0 Å². The highest BCUT2D eigenvalue weighted by Gasteiger charge is 2.25. The molecular formula is C22H25N5O. The number of likely N-dealkylation sites (tertiary alicyclic amines) is 1. The Labute approximate surface area is 165 Å². The number of rotatable bonds is 5. The lowest BCUT2D eigenvalue weighted by Crippen LogP contribution is -2.41. The standard InChI is InChI=1S/C22H25N5O/c23-14-17-4-1-6-19(12-17)20-7-2-8-21(13-20)22(28)26-10-3-5-18(15-26)16-27-11-9-24-25-27/h1-2,4,6-9,11-13,18H,3,5,10,14-16,23H2. The molecule has 6 heteroatoms. The largest absolute Gasteiger partial charge is 0.338 e. The predicted molar refractivity (Wildman–Crippen MR) is 108 cm³/mol. The minimum atomic E-state index is 0.0973. The molecule has 1 fully saturated rings. The van der Waals surface area contributed by atoms with E-state index in [4.69, 9.17) is 5.73 Å². The fourth-order valence-corrected chi connectivity index (χ4v) is 3.89. The molecule has 1 saturated heterocycles. The maximum absolute atomic E-state index is 13.1. The SMILES string of the molecule is NCc1cccc(-c2cccc(C(=O)N3CCCC(Cn4ccnn4)C3)c2)c1. The van der Waals surface area contributed by atoms with Crippen molar-refractivity contribution in [1.82, 2.24) is 19.9 Å². The van der Waals surface area contributed by atoms with Gasteiger partial charge in [0.15, 0.2) is 0 Å². The average molecular weight is 375 g/mol. The Bertz CT molecular complexity index is 938. The lowest BCUT2D eigenvalue weighted by atomic mass is 9.96. The smallest absolute Gasteiger partial charge is 0.253 e. The van der Waals surface area contributed by atoms with Gasteiger partial charge < -0.3 is 10.6 Å². The van der Waals surface area contributed by atoms with Gasteiger partial charge in [0.05, 0.1) is 6.20 Å². The number of nitrogens with zero attached hydrogens (tertiary/aromatic N) is 4. The number of carbonyl (C=O) groups is 1. The summed E-state index contributed by atoms with van der Waals surface area (Å²) < 4.78 is 1.85. The van der Waals surface area contributed by atoms with Crippen molar-refractivity contribution in [1.29, 1.82) is 0 Å². The van der Waals surface area contributed by atoms with Crippen molar-refractivity contribution in [2.24, 2.45) is 11.7 Å². The number of amides is 1. The molecule has 1 aliphatic rings. The number of aromatic nitrogens is 3. The van der Waals surface area contributed by atoms with Gasteiger partial charge >= 0.3 is 0 Å². The first-order chi connectivity index (χ1) is 13.7. The van der Waals surface area contributed by atoms with E-state index >= 15 is 0 Å². The first-order valence-electron chi connectivity index (χ1n) is 9.76. The summed E-state index contributed by atoms with van der Waals surface area (Å²) in [6.45, 7) is 2.87. The molecule has 0 aliphatic carbocycles. The van der Waals surface area contributed by atoms with Crippen LogP contribution in [-0.2, 0) is 13.1 Å². The molecule has 0 saturated carbocycles. The van der Waals surface area contributed by atoms with Gasteiger partial charge in [-0.2, -0.15) is 0 Å². The monoisotopic (exact) mass is 375 g/mol. The fraction of sp³-hybridized carbons (Fsp3) is 0.318. The lowest BCUT2D eigenvalue weighted by molar-refractivity contribution is 0.0659. The van der Waals surface area contributed by atoms with Crippen LogP contribution in [0.15, 0.2) is 60.9 Å². The minimum Gasteiger partial charge on any atom is -0.338 e. The fourth-order valence-electron chi connectivity index (χ4n) is 3.89. The van der Waals surface area contributed by atoms with E-state index in [0.29, 0.717) is 12.5 Å². The van der Waals surface area contributed by atoms with Crippen LogP contribution in [0.25, 0.3) is 11.1 Å². The summed E-state index contributed by atoms with van der Waals surface area (Å²) >= 11 is 0. The molecule has 6 nitrogen and oxygen atoms in total. The van der Waals surface area contributed by atoms with Crippen LogP contribution in [0.5, 0.6) is 0 Å². The van der Waals surface area contributed by atoms with Gasteiger partial charge in [-0.3, -0.25) is 9.48 Å². The zero-order valence-electron chi connectivity index (χ0n) is 15.9. The summed E-state index contributed by atoms with van der Waals surface area (Å²) in [5.41, 5.74) is 9.70. The van der Waals surface area contributed by atoms with E-state index in [1.807, 2.05) is 52.2 Å². The lowest BCUT2D eigenvalue weighted by Gasteiger charge is -2.32. The molecule has 3 aromatic rings. The highest BCUT2D eigenvalue weighted by atomic mass is 16.2. The van der Waals surface area contributed by atoms with E-state index in [2.05, 4.69) is 22.4 Å². The van der Waals surface area contributed by atoms with E-state index in [0.717, 1.165) is 54.7 Å². The summed E-state index contributed by atoms with van der Waals surface area (Å²) in [4.78, 5) is 15.1. The molecule has 0 radical (unpaired) electrons. The molecule has 1 aromatic heterocycles. The van der Waals surface area contributed by atoms with Crippen molar-refractivity contribution < 1.29 is 4.79 Å². The number of carbonyl (C=O) groups excluding carboxylic acids is 1. The van der Waals surface area contributed by atoms with Crippen molar-refractivity contribution in [3.05, 3.63) is 72.1 Å². The van der Waals surface area contributed by atoms with Gasteiger partial charge in [-0.1, -0.05) is 35.5 Å². The van der Waals surface area contributed by atoms with Crippen molar-refractivity contribution >= 4 is 5.91 Å². The molecule has 2 N–H and O–H groups in total. The van der Waals surface area contributed by atoms with Crippen molar-refractivity contribution in [2.75, 3.05) is 13.1 Å². The highest BCUT2D eigenvalue weighted by Crippen LogP contribution is 2.24. The first kappa shape index (κ1) is 18.4. The van der Waals surface area contributed by atoms with Crippen LogP contribution in [0.4, 0.5) is 0 Å². The summed E-state index contributed by atoms with van der Waals surface area (Å²) in [7, 11) is 0. The second-order valence-corrected chi connectivity index (χ2v) is 7.37. The van der Waals surface area contributed by atoms with Gasteiger partial charge in [-0.05, 0) is 53.6 Å². The Morgan fingerprint density at radius 2 is 1.96 bits per heavy atom. The van der Waals surface area contributed by atoms with E-state index in [1.54, 1.807) is 6.20 Å². The molecule has 1 atom stereocenters. The Hall–Kier alpha value is -2.99. The molecule has 0 bridgehead atoms. The van der Waals surface area contributed by atoms with Gasteiger partial charge in [-0.25, -0.2) is 0 Å². The van der Waals surface area contributed by atoms with Crippen molar-refractivity contribution in [3.63, 3.8) is 0 Å². The topological polar surface area (TPSA) is 77.0 Å². The molecule has 2 heterocycles. The molecule has 0 spiro atoms. The van der Waals surface area contributed by atoms with E-state index in [-0.39, 0.29) is 5.91 Å². The first-order valence-corrected chi connectivity index (χ1v) is 9.76. The zero-order chi connectivity index (χ0) is 19.3. The van der Waals surface area contributed by atoms with Crippen LogP contribution in [0, 0.1) is 5.92 Å². The average Bonchev–Trinajstić information content (AvgIpc) is 3.26. The van der Waals surface area contributed by atoms with Crippen LogP contribution >= 0.6 is 0 Å². The maximum Gasteiger partial charge on any atom is 0.253 e. The van der Waals surface area contributed by atoms with Gasteiger partial charge in [0, 0.05) is 37.9 Å². The normalized spacial score (nSPS) is 16.9. The minimum absolute atomic E-state index is 0.0973. The summed E-state index contributed by atoms with van der Waals surface area (Å²) in [6.07, 6.45) is 5.69. The Morgan fingerprint density at radius 3 is 2.75 bits per heavy atom. The van der Waals surface area contributed by atoms with Crippen LogP contribution < -0.4 is 5.73 Å². The zero-order valence-corrected chi connectivity index (χ0v) is 15.9. The van der Waals surface area contributed by atoms with Gasteiger partial charge in [0.1, 0.15) is 0 Å². The second kappa shape index (κ2) is 8.35. The maximum atomic E-state index is 13.1. The Balaban J connectivity index is 1.49. The van der Waals surface area contributed by atoms with Crippen molar-refractivity contribution in [2.45, 2.75) is 25.9 Å². The molecule has 28 heavy (non-hydrogen) atoms. The third-order valence-electron chi connectivity index (χ3n) is 5.33. The number of benzene rings is 2. The van der Waals surface area contributed by atoms with Gasteiger partial charge in [0.25, 0.3) is 5.91 Å². The van der Waals surface area contributed by atoms with Crippen molar-refractivity contribution in [3.8, 4) is 11.1 Å². The van der Waals surface area contributed by atoms with E-state index in [1.165, 1.54) is 0 Å². The summed E-state index contributed by atoms with van der Waals surface area (Å²) in [5.74, 6) is 0.504. The molecule has 144 valence electrons. The number of hydrogen-bond donors (Lipinski definition) is 1. The van der Waals surface area contributed by atoms with Crippen LogP contribution in [0.2, 0.25) is 0 Å². The molecule has 1 amide bonds. The number of hydrogen-bond acceptors (Lipinski definition) is 4. The van der Waals surface area contributed by atoms with E-state index < -0.39 is 0 Å². The predicted octanol–water partition coefficient (Wildman–Crippen LogP) is 2.96. The van der Waals surface area contributed by atoms with Crippen LogP contribution in [0.1, 0.15) is 28.8 Å². The number of piperidine rings is 1. The number of nitrogens with two attached hydrogens (primary N) is 1. The third-order valence-corrected chi connectivity index (χ3v) is 5.33. The molecular weight excluding hydrogens is 350 g/mol.